The van der Waals surface area contributed by atoms with Gasteiger partial charge in [-0.1, -0.05) is 13.0 Å². The molecular weight excluding hydrogens is 193 g/mol. The Hall–Kier alpha value is -1.38. The molecule has 2 N–H and O–H groups in total. The molecule has 0 aliphatic heterocycles. The highest BCUT2D eigenvalue weighted by Gasteiger charge is 2.04. The van der Waals surface area contributed by atoms with Gasteiger partial charge in [-0.15, -0.1) is 0 Å². The van der Waals surface area contributed by atoms with E-state index < -0.39 is 0 Å². The summed E-state index contributed by atoms with van der Waals surface area (Å²) < 4.78 is 13.3. The topological polar surface area (TPSA) is 43.1 Å². The first-order valence-electron chi connectivity index (χ1n) is 5.19. The molecule has 82 valence electrons. The van der Waals surface area contributed by atoms with Gasteiger partial charge in [-0.2, -0.15) is 0 Å². The number of ketones is 1. The van der Waals surface area contributed by atoms with Crippen molar-refractivity contribution in [3.8, 4) is 0 Å². The van der Waals surface area contributed by atoms with Gasteiger partial charge in [-0.05, 0) is 30.5 Å². The Morgan fingerprint density at radius 3 is 2.80 bits per heavy atom. The number of halogens is 1. The van der Waals surface area contributed by atoms with Gasteiger partial charge >= 0.3 is 0 Å². The molecule has 1 rings (SSSR count). The molecule has 0 aromatic heterocycles. The molecule has 15 heavy (non-hydrogen) atoms. The molecule has 0 aliphatic carbocycles. The summed E-state index contributed by atoms with van der Waals surface area (Å²) in [5, 5.41) is 0. The minimum atomic E-state index is -0.279. The predicted molar refractivity (Wildman–Crippen MR) is 59.0 cm³/mol. The maximum absolute atomic E-state index is 13.3. The van der Waals surface area contributed by atoms with E-state index in [1.54, 1.807) is 12.1 Å². The van der Waals surface area contributed by atoms with E-state index in [9.17, 15) is 9.18 Å². The first-order chi connectivity index (χ1) is 7.13. The third kappa shape index (κ3) is 3.70. The van der Waals surface area contributed by atoms with E-state index in [2.05, 4.69) is 0 Å². The van der Waals surface area contributed by atoms with Crippen LogP contribution in [-0.2, 0) is 11.2 Å². The number of carbonyl (C=O) groups is 1. The van der Waals surface area contributed by atoms with Gasteiger partial charge in [-0.3, -0.25) is 4.79 Å². The van der Waals surface area contributed by atoms with Gasteiger partial charge in [0.25, 0.3) is 0 Å². The molecule has 1 aromatic carbocycles. The average Bonchev–Trinajstić information content (AvgIpc) is 2.21. The number of benzene rings is 1. The number of nitrogen functional groups attached to an aromatic ring is 1. The maximum Gasteiger partial charge on any atom is 0.132 e. The smallest absolute Gasteiger partial charge is 0.132 e. The standard InChI is InChI=1S/C12H16FNO/c1-2-11(15)5-3-4-9-6-7-10(14)8-12(9)13/h6-8H,2-5,14H2,1H3. The molecule has 0 unspecified atom stereocenters. The summed E-state index contributed by atoms with van der Waals surface area (Å²) in [4.78, 5) is 11.0. The molecule has 0 atom stereocenters. The van der Waals surface area contributed by atoms with Gasteiger partial charge in [0.1, 0.15) is 11.6 Å². The number of Topliss-reactive ketones (excluding diaryl/α,β-unsaturated/α-hetero) is 1. The maximum atomic E-state index is 13.3. The second-order valence-corrected chi connectivity index (χ2v) is 3.60. The Labute approximate surface area is 89.3 Å². The number of anilines is 1. The molecule has 2 nitrogen and oxygen atoms in total. The van der Waals surface area contributed by atoms with E-state index in [1.807, 2.05) is 6.92 Å². The van der Waals surface area contributed by atoms with Gasteiger partial charge in [0.05, 0.1) is 0 Å². The summed E-state index contributed by atoms with van der Waals surface area (Å²) in [5.41, 5.74) is 6.50. The minimum Gasteiger partial charge on any atom is -0.399 e. The third-order valence-corrected chi connectivity index (χ3v) is 2.37. The Balaban J connectivity index is 2.47. The van der Waals surface area contributed by atoms with E-state index in [0.717, 1.165) is 0 Å². The number of carbonyl (C=O) groups excluding carboxylic acids is 1. The quantitative estimate of drug-likeness (QED) is 0.758. The van der Waals surface area contributed by atoms with Crippen molar-refractivity contribution in [2.24, 2.45) is 0 Å². The molecule has 0 amide bonds. The van der Waals surface area contributed by atoms with Crippen LogP contribution in [0.15, 0.2) is 18.2 Å². The Morgan fingerprint density at radius 1 is 1.47 bits per heavy atom. The van der Waals surface area contributed by atoms with E-state index in [-0.39, 0.29) is 11.6 Å². The van der Waals surface area contributed by atoms with Crippen LogP contribution in [0.4, 0.5) is 10.1 Å². The Bertz CT molecular complexity index is 349. The lowest BCUT2D eigenvalue weighted by Crippen LogP contribution is -1.98. The summed E-state index contributed by atoms with van der Waals surface area (Å²) in [6, 6.07) is 4.68. The molecule has 0 aliphatic rings. The van der Waals surface area contributed by atoms with Crippen molar-refractivity contribution < 1.29 is 9.18 Å². The zero-order chi connectivity index (χ0) is 11.3. The van der Waals surface area contributed by atoms with Crippen LogP contribution < -0.4 is 5.73 Å². The molecular formula is C12H16FNO. The van der Waals surface area contributed by atoms with Crippen molar-refractivity contribution >= 4 is 11.5 Å². The zero-order valence-corrected chi connectivity index (χ0v) is 8.92. The monoisotopic (exact) mass is 209 g/mol. The summed E-state index contributed by atoms with van der Waals surface area (Å²) in [6.45, 7) is 1.84. The van der Waals surface area contributed by atoms with Gasteiger partial charge < -0.3 is 5.73 Å². The lowest BCUT2D eigenvalue weighted by Gasteiger charge is -2.03. The number of rotatable bonds is 5. The fourth-order valence-electron chi connectivity index (χ4n) is 1.42. The van der Waals surface area contributed by atoms with E-state index in [0.29, 0.717) is 36.9 Å². The second-order valence-electron chi connectivity index (χ2n) is 3.60. The largest absolute Gasteiger partial charge is 0.399 e. The van der Waals surface area contributed by atoms with Crippen LogP contribution in [0.2, 0.25) is 0 Å². The van der Waals surface area contributed by atoms with Gasteiger partial charge in [-0.25, -0.2) is 4.39 Å². The molecule has 0 heterocycles. The lowest BCUT2D eigenvalue weighted by molar-refractivity contribution is -0.118. The molecule has 0 fully saturated rings. The van der Waals surface area contributed by atoms with Crippen molar-refractivity contribution in [2.45, 2.75) is 32.6 Å². The van der Waals surface area contributed by atoms with Gasteiger partial charge in [0, 0.05) is 18.5 Å². The first kappa shape index (κ1) is 11.7. The highest BCUT2D eigenvalue weighted by Crippen LogP contribution is 2.14. The molecule has 0 saturated carbocycles. The molecule has 0 spiro atoms. The summed E-state index contributed by atoms with van der Waals surface area (Å²) in [6.07, 6.45) is 2.38. The van der Waals surface area contributed by atoms with Crippen molar-refractivity contribution in [1.82, 2.24) is 0 Å². The molecule has 1 aromatic rings. The second kappa shape index (κ2) is 5.49. The fraction of sp³-hybridized carbons (Fsp3) is 0.417. The number of hydrogen-bond acceptors (Lipinski definition) is 2. The number of aryl methyl sites for hydroxylation is 1. The molecule has 0 radical (unpaired) electrons. The van der Waals surface area contributed by atoms with Crippen LogP contribution in [-0.4, -0.2) is 5.78 Å². The SMILES string of the molecule is CCC(=O)CCCc1ccc(N)cc1F. The van der Waals surface area contributed by atoms with Gasteiger partial charge in [0.2, 0.25) is 0 Å². The Morgan fingerprint density at radius 2 is 2.20 bits per heavy atom. The lowest BCUT2D eigenvalue weighted by atomic mass is 10.0. The van der Waals surface area contributed by atoms with E-state index >= 15 is 0 Å². The molecule has 3 heteroatoms. The summed E-state index contributed by atoms with van der Waals surface area (Å²) in [5.74, 6) is -0.0511. The predicted octanol–water partition coefficient (Wildman–Crippen LogP) is 2.71. The van der Waals surface area contributed by atoms with Crippen LogP contribution in [0.25, 0.3) is 0 Å². The summed E-state index contributed by atoms with van der Waals surface area (Å²) in [7, 11) is 0. The van der Waals surface area contributed by atoms with E-state index in [1.165, 1.54) is 6.07 Å². The third-order valence-electron chi connectivity index (χ3n) is 2.37. The van der Waals surface area contributed by atoms with Crippen LogP contribution in [0.1, 0.15) is 31.7 Å². The Kier molecular flexibility index (Phi) is 4.28. The van der Waals surface area contributed by atoms with Crippen molar-refractivity contribution in [1.29, 1.82) is 0 Å². The van der Waals surface area contributed by atoms with E-state index in [4.69, 9.17) is 5.73 Å². The van der Waals surface area contributed by atoms with Gasteiger partial charge in [0.15, 0.2) is 0 Å². The fourth-order valence-corrected chi connectivity index (χ4v) is 1.42. The van der Waals surface area contributed by atoms with Crippen molar-refractivity contribution in [3.63, 3.8) is 0 Å². The summed E-state index contributed by atoms with van der Waals surface area (Å²) >= 11 is 0. The average molecular weight is 209 g/mol. The molecule has 0 bridgehead atoms. The van der Waals surface area contributed by atoms with Crippen molar-refractivity contribution in [3.05, 3.63) is 29.6 Å². The zero-order valence-electron chi connectivity index (χ0n) is 8.92. The number of nitrogens with two attached hydrogens (primary N) is 1. The van der Waals surface area contributed by atoms with Crippen LogP contribution >= 0.6 is 0 Å². The molecule has 0 saturated heterocycles. The highest BCUT2D eigenvalue weighted by molar-refractivity contribution is 5.77. The van der Waals surface area contributed by atoms with Crippen LogP contribution in [0, 0.1) is 5.82 Å². The highest BCUT2D eigenvalue weighted by atomic mass is 19.1. The van der Waals surface area contributed by atoms with Crippen LogP contribution in [0.5, 0.6) is 0 Å². The normalized spacial score (nSPS) is 10.3. The first-order valence-corrected chi connectivity index (χ1v) is 5.19. The minimum absolute atomic E-state index is 0.228. The van der Waals surface area contributed by atoms with Crippen molar-refractivity contribution in [2.75, 3.05) is 5.73 Å². The number of hydrogen-bond donors (Lipinski definition) is 1. The van der Waals surface area contributed by atoms with Crippen LogP contribution in [0.3, 0.4) is 0 Å².